The van der Waals surface area contributed by atoms with Crippen molar-refractivity contribution in [1.29, 1.82) is 0 Å². The zero-order chi connectivity index (χ0) is 9.40. The molecule has 0 amide bonds. The van der Waals surface area contributed by atoms with Crippen molar-refractivity contribution in [1.82, 2.24) is 5.32 Å². The highest BCUT2D eigenvalue weighted by atomic mass is 16.4. The average Bonchev–Trinajstić information content (AvgIpc) is 2.04. The summed E-state index contributed by atoms with van der Waals surface area (Å²) >= 11 is 0. The molecule has 1 unspecified atom stereocenters. The van der Waals surface area contributed by atoms with E-state index in [0.29, 0.717) is 0 Å². The van der Waals surface area contributed by atoms with Gasteiger partial charge in [0.1, 0.15) is 6.04 Å². The second-order valence-corrected chi connectivity index (χ2v) is 1.89. The van der Waals surface area contributed by atoms with Gasteiger partial charge in [-0.05, 0) is 5.53 Å². The quantitative estimate of drug-likeness (QED) is 0.261. The Morgan fingerprint density at radius 2 is 2.58 bits per heavy atom. The summed E-state index contributed by atoms with van der Waals surface area (Å²) in [7, 11) is 0. The Morgan fingerprint density at radius 1 is 1.92 bits per heavy atom. The van der Waals surface area contributed by atoms with Crippen molar-refractivity contribution in [3.63, 3.8) is 0 Å². The smallest absolute Gasteiger partial charge is 0.320 e. The minimum Gasteiger partial charge on any atom is -0.480 e. The molecule has 2 N–H and O–H groups in total. The van der Waals surface area contributed by atoms with Crippen LogP contribution in [0, 0.1) is 12.3 Å². The number of hydrogen-bond donors (Lipinski definition) is 2. The summed E-state index contributed by atoms with van der Waals surface area (Å²) in [6.45, 7) is -0.00850. The molecular formula is C6H8N4O2. The Balaban J connectivity index is 3.96. The molecule has 0 aromatic carbocycles. The van der Waals surface area contributed by atoms with E-state index in [1.807, 2.05) is 0 Å². The minimum atomic E-state index is -1.09. The lowest BCUT2D eigenvalue weighted by Crippen LogP contribution is -2.39. The van der Waals surface area contributed by atoms with Gasteiger partial charge in [-0.3, -0.25) is 10.1 Å². The molecule has 0 aliphatic rings. The van der Waals surface area contributed by atoms with E-state index in [1.54, 1.807) is 0 Å². The maximum absolute atomic E-state index is 10.4. The number of aliphatic carboxylic acids is 1. The standard InChI is InChI=1S/C6H8N4O2/c1-2-3-8-5(6(11)12)4-9-10-7/h1,5,8H,3-4H2,(H,11,12). The van der Waals surface area contributed by atoms with Crippen molar-refractivity contribution in [3.05, 3.63) is 10.4 Å². The third kappa shape index (κ3) is 4.17. The van der Waals surface area contributed by atoms with Crippen LogP contribution in [0.5, 0.6) is 0 Å². The lowest BCUT2D eigenvalue weighted by Gasteiger charge is -2.07. The number of carbonyl (C=O) groups is 1. The molecule has 0 aliphatic heterocycles. The van der Waals surface area contributed by atoms with Crippen molar-refractivity contribution in [2.24, 2.45) is 5.11 Å². The largest absolute Gasteiger partial charge is 0.480 e. The van der Waals surface area contributed by atoms with Crippen LogP contribution in [0.4, 0.5) is 0 Å². The monoisotopic (exact) mass is 168 g/mol. The number of azide groups is 1. The number of carboxylic acids is 1. The maximum Gasteiger partial charge on any atom is 0.320 e. The van der Waals surface area contributed by atoms with E-state index in [1.165, 1.54) is 0 Å². The highest BCUT2D eigenvalue weighted by molar-refractivity contribution is 5.73. The molecule has 0 heterocycles. The normalized spacial score (nSPS) is 10.9. The number of nitrogens with zero attached hydrogens (tertiary/aromatic N) is 3. The van der Waals surface area contributed by atoms with Crippen molar-refractivity contribution in [2.75, 3.05) is 13.1 Å². The van der Waals surface area contributed by atoms with Gasteiger partial charge in [-0.2, -0.15) is 0 Å². The predicted octanol–water partition coefficient (Wildman–Crippen LogP) is -0.0273. The zero-order valence-corrected chi connectivity index (χ0v) is 6.27. The van der Waals surface area contributed by atoms with Crippen LogP contribution in [0.2, 0.25) is 0 Å². The Kier molecular flexibility index (Phi) is 5.18. The van der Waals surface area contributed by atoms with Crippen LogP contribution in [0.1, 0.15) is 0 Å². The molecule has 0 rings (SSSR count). The van der Waals surface area contributed by atoms with Crippen molar-refractivity contribution < 1.29 is 9.90 Å². The van der Waals surface area contributed by atoms with Crippen LogP contribution in [0.25, 0.3) is 10.4 Å². The minimum absolute atomic E-state index is 0.137. The molecule has 12 heavy (non-hydrogen) atoms. The first-order chi connectivity index (χ1) is 5.72. The fraction of sp³-hybridized carbons (Fsp3) is 0.500. The predicted molar refractivity (Wildman–Crippen MR) is 42.3 cm³/mol. The SMILES string of the molecule is C#CCNC(CN=[N+]=[N-])C(=O)O. The summed E-state index contributed by atoms with van der Waals surface area (Å²) < 4.78 is 0. The number of hydrogen-bond acceptors (Lipinski definition) is 3. The third-order valence-electron chi connectivity index (χ3n) is 1.08. The molecule has 0 aliphatic carbocycles. The molecule has 0 saturated carbocycles. The fourth-order valence-corrected chi connectivity index (χ4v) is 0.530. The van der Waals surface area contributed by atoms with Gasteiger partial charge < -0.3 is 5.11 Å². The van der Waals surface area contributed by atoms with Crippen molar-refractivity contribution in [2.45, 2.75) is 6.04 Å². The lowest BCUT2D eigenvalue weighted by molar-refractivity contribution is -0.139. The number of carboxylic acid groups (broad SMARTS) is 1. The highest BCUT2D eigenvalue weighted by Gasteiger charge is 2.13. The summed E-state index contributed by atoms with van der Waals surface area (Å²) in [6.07, 6.45) is 4.90. The van der Waals surface area contributed by atoms with Crippen molar-refractivity contribution in [3.8, 4) is 12.3 Å². The second kappa shape index (κ2) is 6.04. The van der Waals surface area contributed by atoms with Gasteiger partial charge >= 0.3 is 5.97 Å². The maximum atomic E-state index is 10.4. The van der Waals surface area contributed by atoms with Gasteiger partial charge in [0.25, 0.3) is 0 Å². The summed E-state index contributed by atoms with van der Waals surface area (Å²) in [5.41, 5.74) is 7.92. The Bertz CT molecular complexity index is 238. The molecule has 64 valence electrons. The Labute approximate surface area is 69.2 Å². The van der Waals surface area contributed by atoms with Gasteiger partial charge in [0.2, 0.25) is 0 Å². The fourth-order valence-electron chi connectivity index (χ4n) is 0.530. The van der Waals surface area contributed by atoms with E-state index in [0.717, 1.165) is 0 Å². The van der Waals surface area contributed by atoms with E-state index >= 15 is 0 Å². The van der Waals surface area contributed by atoms with Gasteiger partial charge in [-0.15, -0.1) is 6.42 Å². The second-order valence-electron chi connectivity index (χ2n) is 1.89. The van der Waals surface area contributed by atoms with Crippen LogP contribution in [0.15, 0.2) is 5.11 Å². The Morgan fingerprint density at radius 3 is 3.00 bits per heavy atom. The van der Waals surface area contributed by atoms with Crippen LogP contribution in [-0.4, -0.2) is 30.2 Å². The molecule has 0 aromatic rings. The van der Waals surface area contributed by atoms with E-state index in [2.05, 4.69) is 21.3 Å². The summed E-state index contributed by atoms with van der Waals surface area (Å²) in [4.78, 5) is 12.8. The van der Waals surface area contributed by atoms with Crippen LogP contribution in [-0.2, 0) is 4.79 Å². The molecule has 6 heteroatoms. The number of nitrogens with one attached hydrogen (secondary N) is 1. The molecule has 0 saturated heterocycles. The highest BCUT2D eigenvalue weighted by Crippen LogP contribution is 1.85. The zero-order valence-electron chi connectivity index (χ0n) is 6.27. The first-order valence-electron chi connectivity index (χ1n) is 3.13. The first-order valence-corrected chi connectivity index (χ1v) is 3.13. The third-order valence-corrected chi connectivity index (χ3v) is 1.08. The summed E-state index contributed by atoms with van der Waals surface area (Å²) in [6, 6.07) is -0.906. The molecule has 6 nitrogen and oxygen atoms in total. The van der Waals surface area contributed by atoms with E-state index < -0.39 is 12.0 Å². The molecule has 0 bridgehead atoms. The van der Waals surface area contributed by atoms with E-state index in [4.69, 9.17) is 17.1 Å². The van der Waals surface area contributed by atoms with Crippen molar-refractivity contribution >= 4 is 5.97 Å². The van der Waals surface area contributed by atoms with Crippen LogP contribution < -0.4 is 5.32 Å². The molecule has 0 fully saturated rings. The molecule has 1 atom stereocenters. The summed E-state index contributed by atoms with van der Waals surface area (Å²) in [5, 5.41) is 14.1. The first kappa shape index (κ1) is 10.3. The van der Waals surface area contributed by atoms with Gasteiger partial charge in [-0.1, -0.05) is 11.0 Å². The topological polar surface area (TPSA) is 98.1 Å². The van der Waals surface area contributed by atoms with E-state index in [9.17, 15) is 4.79 Å². The van der Waals surface area contributed by atoms with E-state index in [-0.39, 0.29) is 13.1 Å². The number of rotatable bonds is 5. The molecule has 0 radical (unpaired) electrons. The summed E-state index contributed by atoms with van der Waals surface area (Å²) in [5.74, 6) is 1.13. The lowest BCUT2D eigenvalue weighted by atomic mass is 10.3. The molecule has 0 aromatic heterocycles. The Hall–Kier alpha value is -1.70. The number of terminal acetylenes is 1. The van der Waals surface area contributed by atoms with Crippen LogP contribution in [0.3, 0.4) is 0 Å². The van der Waals surface area contributed by atoms with Gasteiger partial charge in [0.15, 0.2) is 0 Å². The van der Waals surface area contributed by atoms with Crippen LogP contribution >= 0.6 is 0 Å². The van der Waals surface area contributed by atoms with Gasteiger partial charge in [0, 0.05) is 4.91 Å². The van der Waals surface area contributed by atoms with Gasteiger partial charge in [-0.25, -0.2) is 0 Å². The molecular weight excluding hydrogens is 160 g/mol. The molecule has 0 spiro atoms. The average molecular weight is 168 g/mol. The van der Waals surface area contributed by atoms with Gasteiger partial charge in [0.05, 0.1) is 13.1 Å².